The summed E-state index contributed by atoms with van der Waals surface area (Å²) in [6.07, 6.45) is -1.51. The molecule has 3 aromatic heterocycles. The van der Waals surface area contributed by atoms with Crippen molar-refractivity contribution in [3.8, 4) is 11.5 Å². The molecule has 3 heterocycles. The van der Waals surface area contributed by atoms with E-state index >= 15 is 0 Å². The maximum Gasteiger partial charge on any atom is 0.280 e. The van der Waals surface area contributed by atoms with E-state index in [1.54, 1.807) is 13.0 Å². The van der Waals surface area contributed by atoms with E-state index in [2.05, 4.69) is 20.3 Å². The SMILES string of the molecule is Cc1cc(Oc2ccc(C(F)F)nc2)cc(C(=O)Nc2cccc(F)n2)n1. The molecule has 9 heteroatoms. The van der Waals surface area contributed by atoms with Gasteiger partial charge in [-0.05, 0) is 31.2 Å². The van der Waals surface area contributed by atoms with Crippen LogP contribution in [0.1, 0.15) is 28.3 Å². The number of anilines is 1. The maximum atomic E-state index is 13.1. The Bertz CT molecular complexity index is 965. The third-order valence-corrected chi connectivity index (χ3v) is 3.33. The Hall–Kier alpha value is -3.49. The van der Waals surface area contributed by atoms with Gasteiger partial charge in [-0.3, -0.25) is 9.78 Å². The molecule has 138 valence electrons. The zero-order valence-electron chi connectivity index (χ0n) is 14.0. The number of pyridine rings is 3. The van der Waals surface area contributed by atoms with Crippen LogP contribution in [0.2, 0.25) is 0 Å². The van der Waals surface area contributed by atoms with Crippen LogP contribution in [0.25, 0.3) is 0 Å². The van der Waals surface area contributed by atoms with Crippen LogP contribution in [-0.4, -0.2) is 20.9 Å². The van der Waals surface area contributed by atoms with E-state index in [9.17, 15) is 18.0 Å². The Balaban J connectivity index is 1.78. The third kappa shape index (κ3) is 4.78. The van der Waals surface area contributed by atoms with Crippen LogP contribution in [0.4, 0.5) is 19.0 Å². The molecule has 1 N–H and O–H groups in total. The fraction of sp³-hybridized carbons (Fsp3) is 0.111. The fourth-order valence-electron chi connectivity index (χ4n) is 2.19. The van der Waals surface area contributed by atoms with E-state index in [4.69, 9.17) is 4.74 Å². The first-order valence-corrected chi connectivity index (χ1v) is 7.75. The highest BCUT2D eigenvalue weighted by atomic mass is 19.3. The first-order chi connectivity index (χ1) is 12.9. The minimum atomic E-state index is -2.67. The van der Waals surface area contributed by atoms with Gasteiger partial charge in [0.2, 0.25) is 5.95 Å². The molecule has 0 fully saturated rings. The molecule has 0 spiro atoms. The van der Waals surface area contributed by atoms with Crippen molar-refractivity contribution >= 4 is 11.7 Å². The topological polar surface area (TPSA) is 77.0 Å². The molecular weight excluding hydrogens is 361 g/mol. The molecule has 0 saturated heterocycles. The summed E-state index contributed by atoms with van der Waals surface area (Å²) in [6.45, 7) is 1.65. The van der Waals surface area contributed by atoms with Crippen molar-refractivity contribution < 1.29 is 22.7 Å². The molecule has 0 saturated carbocycles. The zero-order valence-corrected chi connectivity index (χ0v) is 14.0. The molecule has 0 unspecified atom stereocenters. The van der Waals surface area contributed by atoms with E-state index < -0.39 is 18.3 Å². The number of carbonyl (C=O) groups excluding carboxylic acids is 1. The number of hydrogen-bond donors (Lipinski definition) is 1. The molecule has 0 bridgehead atoms. The number of nitrogens with one attached hydrogen (secondary N) is 1. The van der Waals surface area contributed by atoms with Gasteiger partial charge >= 0.3 is 0 Å². The van der Waals surface area contributed by atoms with Crippen LogP contribution in [0, 0.1) is 12.9 Å². The number of carbonyl (C=O) groups is 1. The molecule has 3 rings (SSSR count). The second kappa shape index (κ2) is 7.81. The van der Waals surface area contributed by atoms with Gasteiger partial charge in [0, 0.05) is 17.8 Å². The minimum Gasteiger partial charge on any atom is -0.456 e. The lowest BCUT2D eigenvalue weighted by molar-refractivity contribution is 0.102. The van der Waals surface area contributed by atoms with Gasteiger partial charge in [0.15, 0.2) is 0 Å². The quantitative estimate of drug-likeness (QED) is 0.674. The Morgan fingerprint density at radius 1 is 1.11 bits per heavy atom. The number of ether oxygens (including phenoxy) is 1. The Kier molecular flexibility index (Phi) is 5.30. The summed E-state index contributed by atoms with van der Waals surface area (Å²) in [5, 5.41) is 2.43. The van der Waals surface area contributed by atoms with Crippen molar-refractivity contribution in [3.63, 3.8) is 0 Å². The second-order valence-electron chi connectivity index (χ2n) is 5.45. The van der Waals surface area contributed by atoms with E-state index in [0.717, 1.165) is 18.3 Å². The van der Waals surface area contributed by atoms with Crippen LogP contribution in [0.5, 0.6) is 11.5 Å². The Morgan fingerprint density at radius 2 is 1.93 bits per heavy atom. The molecule has 3 aromatic rings. The zero-order chi connectivity index (χ0) is 19.4. The van der Waals surface area contributed by atoms with E-state index in [1.165, 1.54) is 24.3 Å². The normalized spacial score (nSPS) is 10.7. The second-order valence-corrected chi connectivity index (χ2v) is 5.45. The first-order valence-electron chi connectivity index (χ1n) is 7.75. The number of nitrogens with zero attached hydrogens (tertiary/aromatic N) is 3. The summed E-state index contributed by atoms with van der Waals surface area (Å²) in [5.74, 6) is -0.797. The molecular formula is C18H13F3N4O2. The number of amides is 1. The summed E-state index contributed by atoms with van der Waals surface area (Å²) in [4.78, 5) is 23.6. The van der Waals surface area contributed by atoms with Crippen molar-refractivity contribution in [1.29, 1.82) is 0 Å². The van der Waals surface area contributed by atoms with Crippen molar-refractivity contribution in [1.82, 2.24) is 15.0 Å². The molecule has 0 radical (unpaired) electrons. The first kappa shape index (κ1) is 18.3. The summed E-state index contributed by atoms with van der Waals surface area (Å²) in [5.41, 5.74) is 0.145. The highest BCUT2D eigenvalue weighted by molar-refractivity contribution is 6.02. The average Bonchev–Trinajstić information content (AvgIpc) is 2.61. The minimum absolute atomic E-state index is 0.0215. The number of hydrogen-bond acceptors (Lipinski definition) is 5. The monoisotopic (exact) mass is 374 g/mol. The molecule has 0 aromatic carbocycles. The summed E-state index contributed by atoms with van der Waals surface area (Å²) in [7, 11) is 0. The summed E-state index contributed by atoms with van der Waals surface area (Å²) >= 11 is 0. The van der Waals surface area contributed by atoms with Gasteiger partial charge in [-0.2, -0.15) is 4.39 Å². The van der Waals surface area contributed by atoms with Gasteiger partial charge in [0.1, 0.15) is 28.7 Å². The van der Waals surface area contributed by atoms with Crippen molar-refractivity contribution in [3.05, 3.63) is 71.7 Å². The van der Waals surface area contributed by atoms with Gasteiger partial charge in [0.05, 0.1) is 6.20 Å². The van der Waals surface area contributed by atoms with Gasteiger partial charge in [0.25, 0.3) is 12.3 Å². The van der Waals surface area contributed by atoms with Crippen molar-refractivity contribution in [2.75, 3.05) is 5.32 Å². The standard InChI is InChI=1S/C18H13F3N4O2/c1-10-7-12(27-11-5-6-13(17(20)21)22-9-11)8-14(23-10)18(26)25-16-4-2-3-15(19)24-16/h2-9,17H,1H3,(H,24,25,26). The molecule has 0 aliphatic heterocycles. The largest absolute Gasteiger partial charge is 0.456 e. The lowest BCUT2D eigenvalue weighted by Gasteiger charge is -2.09. The molecule has 0 atom stereocenters. The Labute approximate surface area is 152 Å². The predicted molar refractivity (Wildman–Crippen MR) is 90.4 cm³/mol. The van der Waals surface area contributed by atoms with Crippen LogP contribution in [0.15, 0.2) is 48.7 Å². The van der Waals surface area contributed by atoms with Crippen molar-refractivity contribution in [2.45, 2.75) is 13.3 Å². The van der Waals surface area contributed by atoms with Crippen LogP contribution < -0.4 is 10.1 Å². The fourth-order valence-corrected chi connectivity index (χ4v) is 2.19. The lowest BCUT2D eigenvalue weighted by atomic mass is 10.2. The smallest absolute Gasteiger partial charge is 0.280 e. The van der Waals surface area contributed by atoms with Gasteiger partial charge in [-0.25, -0.2) is 18.7 Å². The third-order valence-electron chi connectivity index (χ3n) is 3.33. The molecule has 6 nitrogen and oxygen atoms in total. The van der Waals surface area contributed by atoms with Gasteiger partial charge in [-0.15, -0.1) is 0 Å². The molecule has 1 amide bonds. The Morgan fingerprint density at radius 3 is 2.59 bits per heavy atom. The van der Waals surface area contributed by atoms with Crippen LogP contribution >= 0.6 is 0 Å². The predicted octanol–water partition coefficient (Wildman–Crippen LogP) is 4.30. The van der Waals surface area contributed by atoms with E-state index in [0.29, 0.717) is 5.69 Å². The molecule has 0 aliphatic rings. The number of alkyl halides is 2. The highest BCUT2D eigenvalue weighted by Crippen LogP contribution is 2.24. The van der Waals surface area contributed by atoms with Crippen molar-refractivity contribution in [2.24, 2.45) is 0 Å². The average molecular weight is 374 g/mol. The molecule has 27 heavy (non-hydrogen) atoms. The van der Waals surface area contributed by atoms with Gasteiger partial charge < -0.3 is 10.1 Å². The van der Waals surface area contributed by atoms with Crippen LogP contribution in [0.3, 0.4) is 0 Å². The summed E-state index contributed by atoms with van der Waals surface area (Å²) in [6, 6.07) is 9.43. The highest BCUT2D eigenvalue weighted by Gasteiger charge is 2.13. The maximum absolute atomic E-state index is 13.1. The number of aryl methyl sites for hydroxylation is 1. The number of aromatic nitrogens is 3. The number of rotatable bonds is 5. The van der Waals surface area contributed by atoms with Crippen LogP contribution in [-0.2, 0) is 0 Å². The summed E-state index contributed by atoms with van der Waals surface area (Å²) < 4.78 is 43.7. The molecule has 0 aliphatic carbocycles. The van der Waals surface area contributed by atoms with E-state index in [-0.39, 0.29) is 28.7 Å². The lowest BCUT2D eigenvalue weighted by Crippen LogP contribution is -2.15. The van der Waals surface area contributed by atoms with Gasteiger partial charge in [-0.1, -0.05) is 6.07 Å². The van der Waals surface area contributed by atoms with E-state index in [1.807, 2.05) is 0 Å². The number of halogens is 3.